The number of likely N-dealkylation sites (N-methyl/N-ethyl adjacent to an activating group) is 1. The Bertz CT molecular complexity index is 482. The summed E-state index contributed by atoms with van der Waals surface area (Å²) in [6.07, 6.45) is 2.34. The van der Waals surface area contributed by atoms with E-state index in [-0.39, 0.29) is 11.9 Å². The van der Waals surface area contributed by atoms with Gasteiger partial charge < -0.3 is 20.7 Å². The van der Waals surface area contributed by atoms with E-state index in [9.17, 15) is 4.79 Å². The summed E-state index contributed by atoms with van der Waals surface area (Å²) in [6, 6.07) is 7.43. The van der Waals surface area contributed by atoms with E-state index in [2.05, 4.69) is 24.1 Å². The third kappa shape index (κ3) is 5.52. The second-order valence-corrected chi connectivity index (χ2v) is 6.05. The van der Waals surface area contributed by atoms with Crippen LogP contribution in [0.3, 0.4) is 0 Å². The molecule has 128 valence electrons. The van der Waals surface area contributed by atoms with Crippen LogP contribution in [-0.4, -0.2) is 49.6 Å². The van der Waals surface area contributed by atoms with Crippen molar-refractivity contribution in [3.63, 3.8) is 0 Å². The normalized spacial score (nSPS) is 15.5. The SMILES string of the molecule is CCN(CC)CCOc1ccc(C(=O)NC(CN)C2CC2)cc1. The minimum atomic E-state index is -0.0537. The topological polar surface area (TPSA) is 67.6 Å². The quantitative estimate of drug-likeness (QED) is 0.691. The maximum absolute atomic E-state index is 12.2. The van der Waals surface area contributed by atoms with Crippen molar-refractivity contribution in [2.75, 3.05) is 32.8 Å². The summed E-state index contributed by atoms with van der Waals surface area (Å²) in [6.45, 7) is 8.42. The Morgan fingerprint density at radius 3 is 2.48 bits per heavy atom. The van der Waals surface area contributed by atoms with Crippen molar-refractivity contribution in [3.05, 3.63) is 29.8 Å². The van der Waals surface area contributed by atoms with Gasteiger partial charge in [0.25, 0.3) is 5.91 Å². The molecular weight excluding hydrogens is 290 g/mol. The van der Waals surface area contributed by atoms with Gasteiger partial charge in [0.15, 0.2) is 0 Å². The molecule has 0 saturated heterocycles. The lowest BCUT2D eigenvalue weighted by Crippen LogP contribution is -2.41. The van der Waals surface area contributed by atoms with Gasteiger partial charge in [-0.25, -0.2) is 0 Å². The van der Waals surface area contributed by atoms with Gasteiger partial charge >= 0.3 is 0 Å². The van der Waals surface area contributed by atoms with Crippen LogP contribution in [0, 0.1) is 5.92 Å². The van der Waals surface area contributed by atoms with Crippen LogP contribution in [-0.2, 0) is 0 Å². The number of hydrogen-bond acceptors (Lipinski definition) is 4. The van der Waals surface area contributed by atoms with Crippen molar-refractivity contribution in [2.45, 2.75) is 32.7 Å². The lowest BCUT2D eigenvalue weighted by atomic mass is 10.1. The summed E-state index contributed by atoms with van der Waals surface area (Å²) in [5.74, 6) is 1.31. The van der Waals surface area contributed by atoms with Crippen LogP contribution < -0.4 is 15.8 Å². The van der Waals surface area contributed by atoms with E-state index < -0.39 is 0 Å². The van der Waals surface area contributed by atoms with E-state index in [0.29, 0.717) is 24.6 Å². The molecule has 1 aliphatic carbocycles. The number of hydrogen-bond donors (Lipinski definition) is 2. The summed E-state index contributed by atoms with van der Waals surface area (Å²) in [5, 5.41) is 3.03. The number of carbonyl (C=O) groups is 1. The molecule has 3 N–H and O–H groups in total. The van der Waals surface area contributed by atoms with E-state index in [0.717, 1.165) is 25.4 Å². The molecule has 1 atom stereocenters. The lowest BCUT2D eigenvalue weighted by Gasteiger charge is -2.18. The highest BCUT2D eigenvalue weighted by Crippen LogP contribution is 2.32. The van der Waals surface area contributed by atoms with E-state index in [1.807, 2.05) is 24.3 Å². The Kier molecular flexibility index (Phi) is 6.86. The van der Waals surface area contributed by atoms with Gasteiger partial charge in [0.2, 0.25) is 0 Å². The third-order valence-electron chi connectivity index (χ3n) is 4.45. The summed E-state index contributed by atoms with van der Waals surface area (Å²) < 4.78 is 5.73. The Hall–Kier alpha value is -1.59. The van der Waals surface area contributed by atoms with Gasteiger partial charge in [-0.3, -0.25) is 4.79 Å². The first kappa shape index (κ1) is 17.8. The van der Waals surface area contributed by atoms with Crippen LogP contribution in [0.5, 0.6) is 5.75 Å². The Labute approximate surface area is 139 Å². The molecule has 23 heavy (non-hydrogen) atoms. The number of amides is 1. The molecule has 2 rings (SSSR count). The summed E-state index contributed by atoms with van der Waals surface area (Å²) in [7, 11) is 0. The van der Waals surface area contributed by atoms with Gasteiger partial charge in [-0.15, -0.1) is 0 Å². The van der Waals surface area contributed by atoms with Crippen LogP contribution in [0.2, 0.25) is 0 Å². The van der Waals surface area contributed by atoms with Crippen LogP contribution >= 0.6 is 0 Å². The molecule has 1 unspecified atom stereocenters. The fourth-order valence-corrected chi connectivity index (χ4v) is 2.65. The number of nitrogens with one attached hydrogen (secondary N) is 1. The third-order valence-corrected chi connectivity index (χ3v) is 4.45. The first-order valence-electron chi connectivity index (χ1n) is 8.64. The fraction of sp³-hybridized carbons (Fsp3) is 0.611. The highest BCUT2D eigenvalue weighted by Gasteiger charge is 2.31. The van der Waals surface area contributed by atoms with Gasteiger partial charge in [0.05, 0.1) is 0 Å². The van der Waals surface area contributed by atoms with Gasteiger partial charge in [0.1, 0.15) is 12.4 Å². The maximum Gasteiger partial charge on any atom is 0.251 e. The first-order chi connectivity index (χ1) is 11.2. The molecule has 5 heteroatoms. The number of carbonyl (C=O) groups excluding carboxylic acids is 1. The zero-order valence-corrected chi connectivity index (χ0v) is 14.3. The summed E-state index contributed by atoms with van der Waals surface area (Å²) >= 11 is 0. The number of ether oxygens (including phenoxy) is 1. The summed E-state index contributed by atoms with van der Waals surface area (Å²) in [5.41, 5.74) is 6.38. The van der Waals surface area contributed by atoms with Crippen molar-refractivity contribution in [1.29, 1.82) is 0 Å². The number of nitrogens with zero attached hydrogens (tertiary/aromatic N) is 1. The Balaban J connectivity index is 1.80. The smallest absolute Gasteiger partial charge is 0.251 e. The van der Waals surface area contributed by atoms with Gasteiger partial charge in [-0.1, -0.05) is 13.8 Å². The van der Waals surface area contributed by atoms with E-state index in [4.69, 9.17) is 10.5 Å². The molecule has 0 aliphatic heterocycles. The molecule has 1 fully saturated rings. The molecular formula is C18H29N3O2. The number of nitrogens with two attached hydrogens (primary N) is 1. The second kappa shape index (κ2) is 8.89. The molecule has 1 saturated carbocycles. The van der Waals surface area contributed by atoms with Gasteiger partial charge in [0, 0.05) is 24.7 Å². The van der Waals surface area contributed by atoms with Crippen LogP contribution in [0.15, 0.2) is 24.3 Å². The zero-order valence-electron chi connectivity index (χ0n) is 14.3. The van der Waals surface area contributed by atoms with Crippen LogP contribution in [0.25, 0.3) is 0 Å². The molecule has 0 radical (unpaired) electrons. The minimum Gasteiger partial charge on any atom is -0.492 e. The van der Waals surface area contributed by atoms with Crippen LogP contribution in [0.1, 0.15) is 37.0 Å². The molecule has 5 nitrogen and oxygen atoms in total. The molecule has 0 bridgehead atoms. The average Bonchev–Trinajstić information content (AvgIpc) is 3.42. The van der Waals surface area contributed by atoms with Crippen LogP contribution in [0.4, 0.5) is 0 Å². The highest BCUT2D eigenvalue weighted by molar-refractivity contribution is 5.94. The second-order valence-electron chi connectivity index (χ2n) is 6.05. The molecule has 0 heterocycles. The maximum atomic E-state index is 12.2. The van der Waals surface area contributed by atoms with Crippen molar-refractivity contribution in [2.24, 2.45) is 11.7 Å². The van der Waals surface area contributed by atoms with E-state index in [1.54, 1.807) is 0 Å². The van der Waals surface area contributed by atoms with Gasteiger partial charge in [-0.2, -0.15) is 0 Å². The molecule has 0 aromatic heterocycles. The molecule has 1 aromatic carbocycles. The molecule has 1 aliphatic rings. The average molecular weight is 319 g/mol. The van der Waals surface area contributed by atoms with E-state index >= 15 is 0 Å². The van der Waals surface area contributed by atoms with Crippen molar-refractivity contribution < 1.29 is 9.53 Å². The van der Waals surface area contributed by atoms with Crippen molar-refractivity contribution >= 4 is 5.91 Å². The van der Waals surface area contributed by atoms with Gasteiger partial charge in [-0.05, 0) is 56.1 Å². The first-order valence-corrected chi connectivity index (χ1v) is 8.64. The Morgan fingerprint density at radius 1 is 1.30 bits per heavy atom. The predicted octanol–water partition coefficient (Wildman–Crippen LogP) is 1.87. The fourth-order valence-electron chi connectivity index (χ4n) is 2.65. The zero-order chi connectivity index (χ0) is 16.7. The Morgan fingerprint density at radius 2 is 1.96 bits per heavy atom. The predicted molar refractivity (Wildman–Crippen MR) is 92.8 cm³/mol. The van der Waals surface area contributed by atoms with Crippen molar-refractivity contribution in [3.8, 4) is 5.75 Å². The molecule has 1 aromatic rings. The highest BCUT2D eigenvalue weighted by atomic mass is 16.5. The minimum absolute atomic E-state index is 0.0537. The monoisotopic (exact) mass is 319 g/mol. The molecule has 0 spiro atoms. The van der Waals surface area contributed by atoms with Crippen molar-refractivity contribution in [1.82, 2.24) is 10.2 Å². The summed E-state index contributed by atoms with van der Waals surface area (Å²) in [4.78, 5) is 14.5. The molecule has 1 amide bonds. The number of rotatable bonds is 10. The standard InChI is InChI=1S/C18H29N3O2/c1-3-21(4-2)11-12-23-16-9-7-15(8-10-16)18(22)20-17(13-19)14-5-6-14/h7-10,14,17H,3-6,11-13,19H2,1-2H3,(H,20,22). The largest absolute Gasteiger partial charge is 0.492 e. The number of benzene rings is 1. The lowest BCUT2D eigenvalue weighted by molar-refractivity contribution is 0.0933. The van der Waals surface area contributed by atoms with E-state index in [1.165, 1.54) is 12.8 Å².